The van der Waals surface area contributed by atoms with Crippen molar-refractivity contribution in [3.63, 3.8) is 0 Å². The first-order valence-electron chi connectivity index (χ1n) is 13.3. The fourth-order valence-corrected chi connectivity index (χ4v) is 3.48. The summed E-state index contributed by atoms with van der Waals surface area (Å²) in [6, 6.07) is 0. The van der Waals surface area contributed by atoms with Gasteiger partial charge in [-0.3, -0.25) is 0 Å². The van der Waals surface area contributed by atoms with Gasteiger partial charge in [0.15, 0.2) is 0 Å². The molecule has 0 atom stereocenters. The van der Waals surface area contributed by atoms with Crippen LogP contribution in [-0.2, 0) is 14.3 Å². The highest BCUT2D eigenvalue weighted by Crippen LogP contribution is 2.66. The Morgan fingerprint density at radius 2 is 0.672 bits per heavy atom. The minimum Gasteiger partial charge on any atom is -0.478 e. The van der Waals surface area contributed by atoms with Crippen LogP contribution < -0.4 is 0 Å². The Hall–Kier alpha value is -3.68. The number of hydrogen-bond donors (Lipinski definition) is 1. The van der Waals surface area contributed by atoms with Crippen LogP contribution in [0, 0.1) is 0 Å². The van der Waals surface area contributed by atoms with Gasteiger partial charge in [-0.25, -0.2) is 9.59 Å². The molecule has 0 radical (unpaired) electrons. The fraction of sp³-hybridized carbons (Fsp3) is 0.750. The van der Waals surface area contributed by atoms with Crippen molar-refractivity contribution >= 4 is 11.9 Å². The second-order valence-electron chi connectivity index (χ2n) is 10.4. The number of carboxylic acid groups (broad SMARTS) is 1. The minimum atomic E-state index is -9.49. The second-order valence-corrected chi connectivity index (χ2v) is 10.4. The Kier molecular flexibility index (Phi) is 15.3. The van der Waals surface area contributed by atoms with Crippen molar-refractivity contribution in [3.8, 4) is 0 Å². The molecule has 0 aliphatic rings. The van der Waals surface area contributed by atoms with Crippen LogP contribution in [0.4, 0.5) is 132 Å². The molecule has 0 unspecified atom stereocenters. The number of carbonyl (C=O) groups excluding carboxylic acids is 1. The zero-order valence-corrected chi connectivity index (χ0v) is 26.7. The van der Waals surface area contributed by atoms with Gasteiger partial charge in [0.2, 0.25) is 0 Å². The number of carbonyl (C=O) groups is 2. The highest BCUT2D eigenvalue weighted by molar-refractivity contribution is 5.92. The quantitative estimate of drug-likeness (QED) is 0.0951. The minimum absolute atomic E-state index is 0.171. The fourth-order valence-electron chi connectivity index (χ4n) is 3.48. The van der Waals surface area contributed by atoms with Gasteiger partial charge in [-0.1, -0.05) is 13.5 Å². The molecule has 0 aromatic carbocycles. The summed E-state index contributed by atoms with van der Waals surface area (Å²) in [6.45, 7) is 0.609. The lowest BCUT2D eigenvalue weighted by molar-refractivity contribution is -0.460. The molecule has 0 aromatic heterocycles. The first-order chi connectivity index (χ1) is 24.8. The summed E-state index contributed by atoms with van der Waals surface area (Å²) in [7, 11) is 0. The lowest BCUT2D eigenvalue weighted by atomic mass is 9.82. The number of aliphatic carboxylic acids is 1. The molecule has 34 heteroatoms. The standard InChI is InChI=1S/C21H10F30O2.C3H4O2/c1-3-5(6(7(52)53-4-2)9(24,25)11(28,29)13(32,33)16(38,39)18(42,43)20(46,47)48)8(22,23)10(26,27)12(30,31)14(34,35)15(36,37)17(40,41)19(44,45)21(49,50)51;1-2-3(4)5/h3-4H2,1-2H3;2H,1H2,(H,4,5). The van der Waals surface area contributed by atoms with E-state index in [4.69, 9.17) is 5.11 Å². The van der Waals surface area contributed by atoms with Crippen LogP contribution in [0.3, 0.4) is 0 Å². The Morgan fingerprint density at radius 3 is 0.879 bits per heavy atom. The van der Waals surface area contributed by atoms with E-state index in [1.54, 1.807) is 0 Å². The molecule has 1 N–H and O–H groups in total. The average molecular weight is 936 g/mol. The summed E-state index contributed by atoms with van der Waals surface area (Å²) in [5, 5.41) is 7.60. The maximum absolute atomic E-state index is 14.9. The van der Waals surface area contributed by atoms with Gasteiger partial charge in [0, 0.05) is 11.6 Å². The number of carboxylic acids is 1. The van der Waals surface area contributed by atoms with Crippen molar-refractivity contribution in [3.05, 3.63) is 23.8 Å². The highest BCUT2D eigenvalue weighted by atomic mass is 19.4. The van der Waals surface area contributed by atoms with Crippen molar-refractivity contribution in [1.29, 1.82) is 0 Å². The van der Waals surface area contributed by atoms with Crippen LogP contribution in [0.15, 0.2) is 23.8 Å². The molecule has 0 bridgehead atoms. The average Bonchev–Trinajstić information content (AvgIpc) is 3.01. The summed E-state index contributed by atoms with van der Waals surface area (Å²) in [5.41, 5.74) is -9.60. The topological polar surface area (TPSA) is 63.6 Å². The molecule has 0 spiro atoms. The third kappa shape index (κ3) is 7.99. The van der Waals surface area contributed by atoms with Crippen LogP contribution in [-0.4, -0.2) is 107 Å². The molecule has 4 nitrogen and oxygen atoms in total. The maximum atomic E-state index is 14.9. The van der Waals surface area contributed by atoms with Gasteiger partial charge in [-0.2, -0.15) is 132 Å². The Labute approximate surface area is 298 Å². The van der Waals surface area contributed by atoms with E-state index in [-0.39, 0.29) is 6.92 Å². The Bertz CT molecular complexity index is 1530. The largest absolute Gasteiger partial charge is 0.478 e. The Morgan fingerprint density at radius 1 is 0.448 bits per heavy atom. The van der Waals surface area contributed by atoms with Crippen molar-refractivity contribution in [2.75, 3.05) is 6.61 Å². The van der Waals surface area contributed by atoms with Crippen molar-refractivity contribution in [2.45, 2.75) is 104 Å². The molecule has 0 aliphatic heterocycles. The zero-order chi connectivity index (χ0) is 48.1. The maximum Gasteiger partial charge on any atom is 0.460 e. The van der Waals surface area contributed by atoms with E-state index in [1.165, 1.54) is 0 Å². The molecule has 0 saturated heterocycles. The molecule has 0 aliphatic carbocycles. The van der Waals surface area contributed by atoms with Gasteiger partial charge in [0.25, 0.3) is 0 Å². The number of ether oxygens (including phenoxy) is 1. The first kappa shape index (κ1) is 56.4. The zero-order valence-electron chi connectivity index (χ0n) is 26.7. The van der Waals surface area contributed by atoms with Crippen molar-refractivity contribution < 1.29 is 151 Å². The molecule has 0 saturated carbocycles. The summed E-state index contributed by atoms with van der Waals surface area (Å²) < 4.78 is 412. The van der Waals surface area contributed by atoms with Crippen LogP contribution in [0.25, 0.3) is 0 Å². The summed E-state index contributed by atoms with van der Waals surface area (Å²) in [6.07, 6.45) is -18.8. The van der Waals surface area contributed by atoms with E-state index < -0.39 is 126 Å². The monoisotopic (exact) mass is 936 g/mol. The van der Waals surface area contributed by atoms with Gasteiger partial charge in [0.05, 0.1) is 6.61 Å². The van der Waals surface area contributed by atoms with Crippen LogP contribution in [0.2, 0.25) is 0 Å². The summed E-state index contributed by atoms with van der Waals surface area (Å²) in [5.74, 6) is -113. The first-order valence-corrected chi connectivity index (χ1v) is 13.3. The molecule has 58 heavy (non-hydrogen) atoms. The lowest BCUT2D eigenvalue weighted by Crippen LogP contribution is -2.74. The van der Waals surface area contributed by atoms with E-state index in [9.17, 15) is 141 Å². The number of halogens is 30. The van der Waals surface area contributed by atoms with Gasteiger partial charge in [0.1, 0.15) is 5.57 Å². The summed E-state index contributed by atoms with van der Waals surface area (Å²) >= 11 is 0. The Balaban J connectivity index is 0. The number of alkyl halides is 30. The van der Waals surface area contributed by atoms with E-state index in [0.717, 1.165) is 6.08 Å². The van der Waals surface area contributed by atoms with E-state index in [1.807, 2.05) is 0 Å². The van der Waals surface area contributed by atoms with E-state index in [2.05, 4.69) is 11.3 Å². The normalized spacial score (nSPS) is 15.9. The van der Waals surface area contributed by atoms with Crippen LogP contribution in [0.5, 0.6) is 0 Å². The molecule has 0 heterocycles. The molecular weight excluding hydrogens is 922 g/mol. The van der Waals surface area contributed by atoms with Gasteiger partial charge in [-0.15, -0.1) is 0 Å². The number of hydrogen-bond acceptors (Lipinski definition) is 3. The van der Waals surface area contributed by atoms with E-state index in [0.29, 0.717) is 0 Å². The van der Waals surface area contributed by atoms with Crippen molar-refractivity contribution in [2.24, 2.45) is 0 Å². The van der Waals surface area contributed by atoms with Gasteiger partial charge < -0.3 is 9.84 Å². The second kappa shape index (κ2) is 15.7. The van der Waals surface area contributed by atoms with Crippen LogP contribution in [0.1, 0.15) is 20.3 Å². The molecular formula is C24H14F30O4. The SMILES string of the molecule is C=CC(=O)O.CCOC(=O)C(=C(CC)C(F)(F)C(F)(F)C(F)(F)C(F)(F)C(F)(F)C(F)(F)C(F)(F)C(F)(F)F)C(F)(F)C(F)(F)C(F)(F)C(F)(F)C(F)(F)C(F)(F)F. The number of rotatable bonds is 16. The lowest BCUT2D eigenvalue weighted by Gasteiger charge is -2.43. The predicted molar refractivity (Wildman–Crippen MR) is 123 cm³/mol. The van der Waals surface area contributed by atoms with Gasteiger partial charge in [-0.05, 0) is 13.3 Å². The third-order valence-electron chi connectivity index (χ3n) is 6.66. The molecule has 0 aromatic rings. The molecule has 0 fully saturated rings. The molecule has 0 rings (SSSR count). The third-order valence-corrected chi connectivity index (χ3v) is 6.66. The molecule has 0 amide bonds. The van der Waals surface area contributed by atoms with E-state index >= 15 is 0 Å². The van der Waals surface area contributed by atoms with Crippen molar-refractivity contribution in [1.82, 2.24) is 0 Å². The highest BCUT2D eigenvalue weighted by Gasteiger charge is 2.96. The van der Waals surface area contributed by atoms with Crippen LogP contribution >= 0.6 is 0 Å². The van der Waals surface area contributed by atoms with Gasteiger partial charge >= 0.3 is 95.4 Å². The smallest absolute Gasteiger partial charge is 0.460 e. The number of allylic oxidation sites excluding steroid dienone is 1. The molecule has 344 valence electrons. The number of esters is 1. The predicted octanol–water partition coefficient (Wildman–Crippen LogP) is 11.3. The summed E-state index contributed by atoms with van der Waals surface area (Å²) in [4.78, 5) is 21.2.